The van der Waals surface area contributed by atoms with Crippen molar-refractivity contribution in [2.45, 2.75) is 40.5 Å². The van der Waals surface area contributed by atoms with E-state index in [1.165, 1.54) is 11.3 Å². The summed E-state index contributed by atoms with van der Waals surface area (Å²) in [6.07, 6.45) is -0.678. The molecule has 8 aromatic rings. The first-order valence-corrected chi connectivity index (χ1v) is 20.7. The van der Waals surface area contributed by atoms with Crippen LogP contribution in [0.1, 0.15) is 36.1 Å². The maximum Gasteiger partial charge on any atom is 0.425 e. The fourth-order valence-electron chi connectivity index (χ4n) is 6.55. The number of anilines is 3. The molecule has 0 saturated carbocycles. The Morgan fingerprint density at radius 3 is 1.65 bits per heavy atom. The van der Waals surface area contributed by atoms with Gasteiger partial charge >= 0.3 is 39.4 Å². The molecule has 63 heavy (non-hydrogen) atoms. The van der Waals surface area contributed by atoms with Crippen LogP contribution in [-0.4, -0.2) is 52.9 Å². The van der Waals surface area contributed by atoms with Crippen LogP contribution in [-0.2, 0) is 33.0 Å². The number of aromatic nitrogens is 1. The first-order valence-electron chi connectivity index (χ1n) is 18.9. The molecule has 0 radical (unpaired) electrons. The molecule has 0 unspecified atom stereocenters. The predicted molar refractivity (Wildman–Crippen MR) is 240 cm³/mol. The smallest absolute Gasteiger partial charge is 0.425 e. The van der Waals surface area contributed by atoms with E-state index in [2.05, 4.69) is 29.8 Å². The number of aliphatic carboxylic acids is 2. The van der Waals surface area contributed by atoms with Crippen LogP contribution < -0.4 is 33.2 Å². The van der Waals surface area contributed by atoms with E-state index < -0.39 is 33.8 Å². The molecule has 0 atom stereocenters. The lowest BCUT2D eigenvalue weighted by Gasteiger charge is -2.20. The highest BCUT2D eigenvalue weighted by Crippen LogP contribution is 2.31. The van der Waals surface area contributed by atoms with Gasteiger partial charge in [-0.3, -0.25) is 9.59 Å². The van der Waals surface area contributed by atoms with E-state index in [0.717, 1.165) is 34.4 Å². The van der Waals surface area contributed by atoms with Gasteiger partial charge in [0, 0.05) is 64.5 Å². The average molecular weight is 897 g/mol. The fourth-order valence-corrected chi connectivity index (χ4v) is 7.52. The van der Waals surface area contributed by atoms with Crippen LogP contribution in [0.5, 0.6) is 0 Å². The van der Waals surface area contributed by atoms with E-state index >= 15 is 0 Å². The number of para-hydroxylation sites is 1. The van der Waals surface area contributed by atoms with Crippen LogP contribution >= 0.6 is 11.3 Å². The molecular formula is C44H40N4O13S2. The van der Waals surface area contributed by atoms with Crippen molar-refractivity contribution in [3.05, 3.63) is 138 Å². The minimum Gasteiger partial charge on any atom is -0.481 e. The maximum absolute atomic E-state index is 12.5. The third-order valence-electron chi connectivity index (χ3n) is 9.65. The lowest BCUT2D eigenvalue weighted by molar-refractivity contribution is -0.137. The van der Waals surface area contributed by atoms with Crippen LogP contribution in [0.15, 0.2) is 113 Å². The second-order valence-electron chi connectivity index (χ2n) is 13.7. The molecule has 17 nitrogen and oxygen atoms in total. The minimum absolute atomic E-state index is 0.176. The van der Waals surface area contributed by atoms with Crippen LogP contribution in [0, 0.1) is 13.8 Å². The lowest BCUT2D eigenvalue weighted by atomic mass is 10.0. The number of benzene rings is 4. The quantitative estimate of drug-likeness (QED) is 0.0931. The number of hydrogen-bond donors (Lipinski definition) is 4. The second-order valence-corrected chi connectivity index (χ2v) is 15.1. The van der Waals surface area contributed by atoms with Crippen molar-refractivity contribution < 1.29 is 45.7 Å². The first kappa shape index (κ1) is 46.4. The summed E-state index contributed by atoms with van der Waals surface area (Å²) in [6.45, 7) is 9.45. The predicted octanol–water partition coefficient (Wildman–Crippen LogP) is 6.53. The third-order valence-corrected chi connectivity index (χ3v) is 10.7. The Labute approximate surface area is 362 Å². The lowest BCUT2D eigenvalue weighted by Crippen LogP contribution is -2.21. The highest BCUT2D eigenvalue weighted by Gasteiger charge is 2.17. The van der Waals surface area contributed by atoms with Gasteiger partial charge in [0.2, 0.25) is 0 Å². The van der Waals surface area contributed by atoms with Crippen molar-refractivity contribution in [1.29, 1.82) is 0 Å². The van der Waals surface area contributed by atoms with E-state index in [0.29, 0.717) is 60.6 Å². The van der Waals surface area contributed by atoms with E-state index in [1.54, 1.807) is 50.2 Å². The van der Waals surface area contributed by atoms with Gasteiger partial charge in [-0.15, -0.1) is 24.0 Å². The zero-order valence-corrected chi connectivity index (χ0v) is 35.8. The molecule has 4 aromatic carbocycles. The molecule has 0 aliphatic carbocycles. The van der Waals surface area contributed by atoms with Gasteiger partial charge in [0.25, 0.3) is 0 Å². The summed E-state index contributed by atoms with van der Waals surface area (Å²) in [4.78, 5) is 63.9. The normalized spacial score (nSPS) is 10.6. The van der Waals surface area contributed by atoms with E-state index in [4.69, 9.17) is 47.6 Å². The van der Waals surface area contributed by atoms with E-state index in [1.807, 2.05) is 42.5 Å². The Bertz CT molecular complexity index is 3160. The van der Waals surface area contributed by atoms with E-state index in [-0.39, 0.29) is 29.6 Å². The largest absolute Gasteiger partial charge is 0.481 e. The number of nitrogens with two attached hydrogens (primary N) is 2. The molecule has 8 rings (SSSR count). The molecule has 0 amide bonds. The van der Waals surface area contributed by atoms with Crippen molar-refractivity contribution in [1.82, 2.24) is 4.98 Å². The molecule has 0 fully saturated rings. The third kappa shape index (κ3) is 11.4. The van der Waals surface area contributed by atoms with Crippen LogP contribution in [0.25, 0.3) is 53.7 Å². The maximum atomic E-state index is 12.5. The standard InChI is InChI=1S/C20H18N2O2S.2C12H11NO4.O3S/c1-3-22(4-2)14-10-9-13-11-15(20(23)24-17(13)12-14)19-21-16-7-5-6-8-18(16)25-19;2*1-6-8-3-2-7(13)4-10(8)17-12(16)9(6)5-11(14)15;1-4(2)3/h5-12H,3-4H2,1-2H3;2*2-4H,5,13H2,1H3,(H,14,15);. The summed E-state index contributed by atoms with van der Waals surface area (Å²) in [5.41, 5.74) is 16.0. The number of thiazole rings is 1. The molecule has 4 aromatic heterocycles. The monoisotopic (exact) mass is 896 g/mol. The number of nitrogen functional groups attached to an aromatic ring is 2. The number of carbonyl (C=O) groups is 2. The van der Waals surface area contributed by atoms with Gasteiger partial charge in [0.1, 0.15) is 21.8 Å². The summed E-state index contributed by atoms with van der Waals surface area (Å²) >= 11 is 1.51. The zero-order chi connectivity index (χ0) is 46.1. The molecule has 0 bridgehead atoms. The summed E-state index contributed by atoms with van der Waals surface area (Å²) in [6, 6.07) is 25.7. The summed E-state index contributed by atoms with van der Waals surface area (Å²) in [5, 5.41) is 20.5. The Morgan fingerprint density at radius 2 is 1.17 bits per heavy atom. The van der Waals surface area contributed by atoms with Crippen molar-refractivity contribution in [3.63, 3.8) is 0 Å². The molecule has 326 valence electrons. The molecule has 0 saturated heterocycles. The zero-order valence-electron chi connectivity index (χ0n) is 34.2. The van der Waals surface area contributed by atoms with Crippen molar-refractivity contribution in [3.8, 4) is 10.6 Å². The van der Waals surface area contributed by atoms with Crippen LogP contribution in [0.2, 0.25) is 0 Å². The van der Waals surface area contributed by atoms with Gasteiger partial charge in [-0.25, -0.2) is 19.4 Å². The van der Waals surface area contributed by atoms with Crippen molar-refractivity contribution >= 4 is 94.1 Å². The highest BCUT2D eigenvalue weighted by molar-refractivity contribution is 7.59. The van der Waals surface area contributed by atoms with Gasteiger partial charge in [-0.2, -0.15) is 0 Å². The Morgan fingerprint density at radius 1 is 0.683 bits per heavy atom. The molecule has 6 N–H and O–H groups in total. The Hall–Kier alpha value is -7.64. The topological polar surface area (TPSA) is 285 Å². The molecule has 4 heterocycles. The van der Waals surface area contributed by atoms with Gasteiger partial charge in [0.05, 0.1) is 39.7 Å². The number of nitrogens with zero attached hydrogens (tertiary/aromatic N) is 2. The van der Waals surface area contributed by atoms with Crippen molar-refractivity contribution in [2.75, 3.05) is 29.5 Å². The molecular weight excluding hydrogens is 857 g/mol. The number of fused-ring (bicyclic) bond motifs is 4. The molecule has 19 heteroatoms. The number of rotatable bonds is 8. The van der Waals surface area contributed by atoms with Gasteiger partial charge < -0.3 is 39.8 Å². The minimum atomic E-state index is -3.11. The number of aryl methyl sites for hydroxylation is 2. The Kier molecular flexibility index (Phi) is 14.9. The van der Waals surface area contributed by atoms with Crippen LogP contribution in [0.4, 0.5) is 17.1 Å². The van der Waals surface area contributed by atoms with Crippen LogP contribution in [0.3, 0.4) is 0 Å². The number of hydrogen-bond acceptors (Lipinski definition) is 16. The SMILES string of the molecule is CCN(CC)c1ccc2cc(-c3nc4ccccc4s3)c(=O)oc2c1.Cc1c(CC(=O)O)c(=O)oc2cc(N)ccc12.Cc1c(CC(=O)O)c(=O)oc2cc(N)ccc12.O=S(=O)=O. The van der Waals surface area contributed by atoms with Gasteiger partial charge in [0.15, 0.2) is 0 Å². The second kappa shape index (κ2) is 20.3. The number of carboxylic acid groups (broad SMARTS) is 2. The Balaban J connectivity index is 0.000000175. The summed E-state index contributed by atoms with van der Waals surface area (Å²) < 4.78 is 42.1. The average Bonchev–Trinajstić information content (AvgIpc) is 3.65. The molecule has 0 spiro atoms. The number of carboxylic acids is 2. The molecule has 0 aliphatic rings. The van der Waals surface area contributed by atoms with Gasteiger partial charge in [-0.1, -0.05) is 12.1 Å². The highest BCUT2D eigenvalue weighted by atomic mass is 32.2. The van der Waals surface area contributed by atoms with Gasteiger partial charge in [-0.05, 0) is 93.4 Å². The summed E-state index contributed by atoms with van der Waals surface area (Å²) in [7, 11) is -3.11. The molecule has 0 aliphatic heterocycles. The van der Waals surface area contributed by atoms with E-state index in [9.17, 15) is 24.0 Å². The van der Waals surface area contributed by atoms with Crippen molar-refractivity contribution in [2.24, 2.45) is 0 Å². The fraction of sp³-hybridized carbons (Fsp3) is 0.182. The first-order chi connectivity index (χ1) is 29.9. The summed E-state index contributed by atoms with van der Waals surface area (Å²) in [5.74, 6) is -2.12.